The molecular formula is C24H24N2O6. The molecule has 0 spiro atoms. The van der Waals surface area contributed by atoms with Crippen LogP contribution in [0.1, 0.15) is 26.5 Å². The van der Waals surface area contributed by atoms with Crippen LogP contribution in [0.25, 0.3) is 10.9 Å². The highest BCUT2D eigenvalue weighted by molar-refractivity contribution is 6.11. The molecule has 3 aromatic rings. The maximum atomic E-state index is 12.8. The van der Waals surface area contributed by atoms with E-state index in [-0.39, 0.29) is 12.8 Å². The van der Waals surface area contributed by atoms with Gasteiger partial charge in [-0.15, -0.1) is 0 Å². The smallest absolute Gasteiger partial charge is 0.321 e. The molecule has 1 saturated carbocycles. The topological polar surface area (TPSA) is 96.0 Å². The third-order valence-corrected chi connectivity index (χ3v) is 5.27. The van der Waals surface area contributed by atoms with Crippen molar-refractivity contribution in [2.24, 2.45) is 5.41 Å². The van der Waals surface area contributed by atoms with E-state index >= 15 is 0 Å². The second kappa shape index (κ2) is 8.74. The molecule has 8 nitrogen and oxygen atoms in total. The Bertz CT molecular complexity index is 1340. The summed E-state index contributed by atoms with van der Waals surface area (Å²) in [6.07, 6.45) is 1.85. The Morgan fingerprint density at radius 1 is 1.09 bits per heavy atom. The van der Waals surface area contributed by atoms with Gasteiger partial charge in [-0.25, -0.2) is 0 Å². The first-order valence-corrected chi connectivity index (χ1v) is 9.74. The van der Waals surface area contributed by atoms with Crippen LogP contribution >= 0.6 is 0 Å². The normalized spacial score (nSPS) is 17.0. The molecule has 0 unspecified atom stereocenters. The lowest BCUT2D eigenvalue weighted by Crippen LogP contribution is -2.32. The highest BCUT2D eigenvalue weighted by Crippen LogP contribution is 2.47. The first-order valence-electron chi connectivity index (χ1n) is 12.2. The molecular weight excluding hydrogens is 412 g/mol. The number of hydrogen-bond acceptors (Lipinski definition) is 7. The zero-order valence-electron chi connectivity index (χ0n) is 22.4. The zero-order chi connectivity index (χ0) is 27.0. The van der Waals surface area contributed by atoms with Gasteiger partial charge >= 0.3 is 5.97 Å². The summed E-state index contributed by atoms with van der Waals surface area (Å²) in [7, 11) is 3.07. The van der Waals surface area contributed by atoms with Crippen molar-refractivity contribution in [3.05, 3.63) is 48.7 Å². The van der Waals surface area contributed by atoms with Gasteiger partial charge < -0.3 is 24.3 Å². The summed E-state index contributed by atoms with van der Waals surface area (Å²) in [6, 6.07) is 11.6. The Balaban J connectivity index is 1.46. The molecule has 32 heavy (non-hydrogen) atoms. The maximum absolute atomic E-state index is 12.8. The van der Waals surface area contributed by atoms with Gasteiger partial charge in [0.25, 0.3) is 0 Å². The number of carbonyl (C=O) groups is 2. The Morgan fingerprint density at radius 2 is 1.81 bits per heavy atom. The Hall–Kier alpha value is -3.81. The molecule has 0 bridgehead atoms. The first-order chi connectivity index (χ1) is 17.4. The molecule has 1 aliphatic carbocycles. The van der Waals surface area contributed by atoms with E-state index in [1.54, 1.807) is 48.7 Å². The van der Waals surface area contributed by atoms with Gasteiger partial charge in [-0.2, -0.15) is 0 Å². The van der Waals surface area contributed by atoms with Gasteiger partial charge in [-0.3, -0.25) is 14.6 Å². The summed E-state index contributed by atoms with van der Waals surface area (Å²) in [5.41, 5.74) is -0.617. The number of nitrogens with zero attached hydrogens (tertiary/aromatic N) is 1. The second-order valence-electron chi connectivity index (χ2n) is 7.19. The summed E-state index contributed by atoms with van der Waals surface area (Å²) < 4.78 is 57.8. The number of rotatable bonds is 8. The van der Waals surface area contributed by atoms with Gasteiger partial charge in [0.2, 0.25) is 5.91 Å². The lowest BCUT2D eigenvalue weighted by atomic mass is 10.1. The van der Waals surface area contributed by atoms with Crippen molar-refractivity contribution in [1.82, 2.24) is 4.98 Å². The molecule has 4 rings (SSSR count). The van der Waals surface area contributed by atoms with Crippen molar-refractivity contribution in [3.8, 4) is 23.0 Å². The van der Waals surface area contributed by atoms with E-state index < -0.39 is 30.7 Å². The van der Waals surface area contributed by atoms with E-state index in [0.29, 0.717) is 39.6 Å². The lowest BCUT2D eigenvalue weighted by Gasteiger charge is -2.15. The Morgan fingerprint density at radius 3 is 2.47 bits per heavy atom. The van der Waals surface area contributed by atoms with Crippen LogP contribution in [0.3, 0.4) is 0 Å². The number of aromatic nitrogens is 1. The summed E-state index contributed by atoms with van der Waals surface area (Å²) in [6.45, 7) is -6.38. The van der Waals surface area contributed by atoms with E-state index in [1.807, 2.05) is 0 Å². The number of carbonyl (C=O) groups excluding carboxylic acids is 2. The number of esters is 1. The molecule has 8 heteroatoms. The lowest BCUT2D eigenvalue weighted by molar-refractivity contribution is -0.152. The van der Waals surface area contributed by atoms with Crippen molar-refractivity contribution in [1.29, 1.82) is 0 Å². The number of pyridine rings is 1. The fourth-order valence-electron chi connectivity index (χ4n) is 3.31. The number of amides is 1. The summed E-state index contributed by atoms with van der Waals surface area (Å²) in [5, 5.41) is 3.30. The van der Waals surface area contributed by atoms with Crippen LogP contribution < -0.4 is 19.5 Å². The van der Waals surface area contributed by atoms with Crippen LogP contribution in [0.2, 0.25) is 0 Å². The summed E-state index contributed by atoms with van der Waals surface area (Å²) in [4.78, 5) is 29.6. The molecule has 166 valence electrons. The van der Waals surface area contributed by atoms with E-state index in [1.165, 1.54) is 14.2 Å². The van der Waals surface area contributed by atoms with Gasteiger partial charge in [-0.1, -0.05) is 0 Å². The van der Waals surface area contributed by atoms with Gasteiger partial charge in [-0.05, 0) is 56.1 Å². The largest absolute Gasteiger partial charge is 0.493 e. The first kappa shape index (κ1) is 15.9. The van der Waals surface area contributed by atoms with Crippen LogP contribution in [-0.2, 0) is 14.3 Å². The number of anilines is 1. The second-order valence-corrected chi connectivity index (χ2v) is 7.19. The SMILES string of the molecule is [2H]C([2H])([2H])C([2H])([2H])OC(=O)C1(C(=O)Nc2ccc(Oc3ccnc4cc(OC)c(OC)cc34)cc2)CC1. The molecule has 1 heterocycles. The van der Waals surface area contributed by atoms with E-state index in [0.717, 1.165) is 0 Å². The van der Waals surface area contributed by atoms with Crippen molar-refractivity contribution < 1.29 is 35.4 Å². The number of benzene rings is 2. The highest BCUT2D eigenvalue weighted by atomic mass is 16.5. The van der Waals surface area contributed by atoms with E-state index in [9.17, 15) is 9.59 Å². The average molecular weight is 441 g/mol. The number of nitrogens with one attached hydrogen (secondary N) is 1. The third kappa shape index (κ3) is 4.03. The fourth-order valence-corrected chi connectivity index (χ4v) is 3.31. The molecule has 1 fully saturated rings. The van der Waals surface area contributed by atoms with E-state index in [4.69, 9.17) is 21.1 Å². The van der Waals surface area contributed by atoms with Crippen molar-refractivity contribution in [3.63, 3.8) is 0 Å². The maximum Gasteiger partial charge on any atom is 0.321 e. The molecule has 2 aromatic carbocycles. The molecule has 1 aromatic heterocycles. The minimum absolute atomic E-state index is 0.124. The molecule has 0 aliphatic heterocycles. The van der Waals surface area contributed by atoms with Crippen molar-refractivity contribution in [2.75, 3.05) is 26.1 Å². The molecule has 1 N–H and O–H groups in total. The van der Waals surface area contributed by atoms with Crippen molar-refractivity contribution in [2.45, 2.75) is 19.7 Å². The molecule has 0 radical (unpaired) electrons. The van der Waals surface area contributed by atoms with Gasteiger partial charge in [0.05, 0.1) is 29.0 Å². The highest BCUT2D eigenvalue weighted by Gasteiger charge is 2.58. The number of ether oxygens (including phenoxy) is 4. The summed E-state index contributed by atoms with van der Waals surface area (Å²) >= 11 is 0. The molecule has 1 aliphatic rings. The van der Waals surface area contributed by atoms with Crippen LogP contribution in [-0.4, -0.2) is 37.6 Å². The molecule has 1 amide bonds. The predicted molar refractivity (Wildman–Crippen MR) is 118 cm³/mol. The Kier molecular flexibility index (Phi) is 4.35. The number of fused-ring (bicyclic) bond motifs is 1. The molecule has 0 atom stereocenters. The fraction of sp³-hybridized carbons (Fsp3) is 0.292. The van der Waals surface area contributed by atoms with Gasteiger partial charge in [0.15, 0.2) is 11.5 Å². The predicted octanol–water partition coefficient (Wildman–Crippen LogP) is 4.33. The molecule has 0 saturated heterocycles. The minimum Gasteiger partial charge on any atom is -0.493 e. The van der Waals surface area contributed by atoms with Crippen LogP contribution in [0.4, 0.5) is 5.69 Å². The number of hydrogen-bond donors (Lipinski definition) is 1. The van der Waals surface area contributed by atoms with Crippen molar-refractivity contribution >= 4 is 28.5 Å². The van der Waals surface area contributed by atoms with Gasteiger partial charge in [0, 0.05) is 27.4 Å². The standard InChI is InChI=1S/C24H24N2O6/c1-4-31-23(28)24(10-11-24)22(27)26-15-5-7-16(8-6-15)32-19-9-12-25-18-14-21(30-3)20(29-2)13-17(18)19/h5-9,12-14H,4,10-11H2,1-3H3,(H,26,27)/i1D3,4D2. The van der Waals surface area contributed by atoms with Crippen LogP contribution in [0, 0.1) is 5.41 Å². The number of methoxy groups -OCH3 is 2. The van der Waals surface area contributed by atoms with Crippen LogP contribution in [0.15, 0.2) is 48.7 Å². The van der Waals surface area contributed by atoms with Gasteiger partial charge in [0.1, 0.15) is 16.9 Å². The third-order valence-electron chi connectivity index (χ3n) is 5.27. The minimum atomic E-state index is -3.20. The zero-order valence-corrected chi connectivity index (χ0v) is 17.4. The Labute approximate surface area is 192 Å². The quantitative estimate of drug-likeness (QED) is 0.411. The average Bonchev–Trinajstić information content (AvgIpc) is 3.66. The van der Waals surface area contributed by atoms with E-state index in [2.05, 4.69) is 15.0 Å². The van der Waals surface area contributed by atoms with Crippen LogP contribution in [0.5, 0.6) is 23.0 Å². The monoisotopic (exact) mass is 441 g/mol. The summed E-state index contributed by atoms with van der Waals surface area (Å²) in [5.74, 6) is 0.131.